The molecule has 2 nitrogen and oxygen atoms in total. The molecular weight excluding hydrogens is 200 g/mol. The highest BCUT2D eigenvalue weighted by molar-refractivity contribution is 5.44. The number of aromatic hydroxyl groups is 1. The summed E-state index contributed by atoms with van der Waals surface area (Å²) < 4.78 is 25.3. The molecule has 0 aliphatic rings. The van der Waals surface area contributed by atoms with E-state index in [0.29, 0.717) is 0 Å². The topological polar surface area (TPSA) is 46.2 Å². The predicted molar refractivity (Wildman–Crippen MR) is 55.1 cm³/mol. The highest BCUT2D eigenvalue weighted by Gasteiger charge is 2.34. The molecule has 0 radical (unpaired) electrons. The molecule has 0 spiro atoms. The molecule has 1 atom stereocenters. The summed E-state index contributed by atoms with van der Waals surface area (Å²) in [6, 6.07) is 2.97. The molecule has 0 saturated heterocycles. The quantitative estimate of drug-likeness (QED) is 0.796. The second-order valence-corrected chi connectivity index (χ2v) is 4.04. The lowest BCUT2D eigenvalue weighted by molar-refractivity contribution is 0.0610. The first-order valence-corrected chi connectivity index (χ1v) is 4.64. The molecule has 0 aromatic heterocycles. The third kappa shape index (κ3) is 2.09. The van der Waals surface area contributed by atoms with E-state index < -0.39 is 12.0 Å². The number of phenols is 1. The number of halogens is 2. The lowest BCUT2D eigenvalue weighted by atomic mass is 9.90. The van der Waals surface area contributed by atoms with Crippen LogP contribution in [-0.2, 0) is 5.54 Å². The van der Waals surface area contributed by atoms with Crippen molar-refractivity contribution < 1.29 is 13.9 Å². The molecule has 0 amide bonds. The minimum atomic E-state index is -2.72. The molecule has 0 saturated carbocycles. The van der Waals surface area contributed by atoms with Gasteiger partial charge in [-0.1, -0.05) is 6.07 Å². The number of phenolic OH excluding ortho intramolecular Hbond substituents is 1. The maximum absolute atomic E-state index is 12.7. The van der Waals surface area contributed by atoms with Crippen LogP contribution in [0.4, 0.5) is 8.78 Å². The van der Waals surface area contributed by atoms with Crippen LogP contribution in [0.25, 0.3) is 0 Å². The number of rotatable bonds is 2. The fourth-order valence-corrected chi connectivity index (χ4v) is 1.35. The number of hydrogen-bond donors (Lipinski definition) is 2. The second kappa shape index (κ2) is 3.77. The average Bonchev–Trinajstić information content (AvgIpc) is 2.10. The van der Waals surface area contributed by atoms with E-state index >= 15 is 0 Å². The summed E-state index contributed by atoms with van der Waals surface area (Å²) in [5.41, 5.74) is 5.44. The van der Waals surface area contributed by atoms with Crippen LogP contribution >= 0.6 is 0 Å². The Labute approximate surface area is 87.7 Å². The third-order valence-corrected chi connectivity index (χ3v) is 2.65. The van der Waals surface area contributed by atoms with E-state index in [1.807, 2.05) is 0 Å². The van der Waals surface area contributed by atoms with Crippen LogP contribution in [-0.4, -0.2) is 11.5 Å². The largest absolute Gasteiger partial charge is 0.508 e. The van der Waals surface area contributed by atoms with Gasteiger partial charge in [-0.2, -0.15) is 0 Å². The van der Waals surface area contributed by atoms with Gasteiger partial charge in [0, 0.05) is 5.56 Å². The zero-order chi connectivity index (χ0) is 11.8. The van der Waals surface area contributed by atoms with Gasteiger partial charge in [0.25, 0.3) is 6.43 Å². The molecular formula is C11H15F2NO. The van der Waals surface area contributed by atoms with E-state index in [1.54, 1.807) is 13.8 Å². The molecule has 3 N–H and O–H groups in total. The number of alkyl halides is 2. The standard InChI is InChI=1S/C11H15F2NO/c1-6-4-8(9(15)5-7(6)2)11(3,14)10(12)13/h4-5,10,15H,14H2,1-3H3. The average molecular weight is 215 g/mol. The van der Waals surface area contributed by atoms with E-state index in [4.69, 9.17) is 5.73 Å². The van der Waals surface area contributed by atoms with Crippen molar-refractivity contribution in [3.05, 3.63) is 28.8 Å². The Morgan fingerprint density at radius 2 is 1.73 bits per heavy atom. The van der Waals surface area contributed by atoms with Crippen LogP contribution in [0.2, 0.25) is 0 Å². The Morgan fingerprint density at radius 3 is 2.20 bits per heavy atom. The zero-order valence-corrected chi connectivity index (χ0v) is 9.01. The van der Waals surface area contributed by atoms with Crippen molar-refractivity contribution in [2.75, 3.05) is 0 Å². The molecule has 0 aliphatic carbocycles. The van der Waals surface area contributed by atoms with Gasteiger partial charge in [-0.15, -0.1) is 0 Å². The maximum Gasteiger partial charge on any atom is 0.260 e. The summed E-state index contributed by atoms with van der Waals surface area (Å²) in [5.74, 6) is -0.177. The van der Waals surface area contributed by atoms with E-state index in [0.717, 1.165) is 11.1 Å². The normalized spacial score (nSPS) is 15.4. The fourth-order valence-electron chi connectivity index (χ4n) is 1.35. The van der Waals surface area contributed by atoms with E-state index in [1.165, 1.54) is 19.1 Å². The van der Waals surface area contributed by atoms with Crippen molar-refractivity contribution in [2.24, 2.45) is 5.73 Å². The summed E-state index contributed by atoms with van der Waals surface area (Å²) in [6.07, 6.45) is -2.72. The summed E-state index contributed by atoms with van der Waals surface area (Å²) in [5, 5.41) is 9.59. The molecule has 84 valence electrons. The maximum atomic E-state index is 12.7. The van der Waals surface area contributed by atoms with Crippen LogP contribution < -0.4 is 5.73 Å². The predicted octanol–water partition coefficient (Wildman–Crippen LogP) is 2.45. The van der Waals surface area contributed by atoms with Gasteiger partial charge >= 0.3 is 0 Å². The Morgan fingerprint density at radius 1 is 1.27 bits per heavy atom. The minimum Gasteiger partial charge on any atom is -0.508 e. The first-order chi connectivity index (χ1) is 6.76. The van der Waals surface area contributed by atoms with Crippen LogP contribution in [0.3, 0.4) is 0 Å². The lowest BCUT2D eigenvalue weighted by Crippen LogP contribution is -2.40. The number of benzene rings is 1. The Balaban J connectivity index is 3.32. The van der Waals surface area contributed by atoms with Crippen molar-refractivity contribution in [1.82, 2.24) is 0 Å². The van der Waals surface area contributed by atoms with Crippen molar-refractivity contribution >= 4 is 0 Å². The molecule has 0 heterocycles. The van der Waals surface area contributed by atoms with Crippen LogP contribution in [0.15, 0.2) is 12.1 Å². The highest BCUT2D eigenvalue weighted by Crippen LogP contribution is 2.33. The van der Waals surface area contributed by atoms with Gasteiger partial charge in [0.05, 0.1) is 0 Å². The SMILES string of the molecule is Cc1cc(O)c(C(C)(N)C(F)F)cc1C. The third-order valence-electron chi connectivity index (χ3n) is 2.65. The van der Waals surface area contributed by atoms with Crippen molar-refractivity contribution in [3.8, 4) is 5.75 Å². The molecule has 1 aromatic rings. The van der Waals surface area contributed by atoms with Crippen LogP contribution in [0.5, 0.6) is 5.75 Å². The Kier molecular flexibility index (Phi) is 3.00. The summed E-state index contributed by atoms with van der Waals surface area (Å²) >= 11 is 0. The van der Waals surface area contributed by atoms with E-state index in [9.17, 15) is 13.9 Å². The molecule has 4 heteroatoms. The first kappa shape index (κ1) is 11.9. The van der Waals surface area contributed by atoms with Gasteiger partial charge in [0.15, 0.2) is 0 Å². The van der Waals surface area contributed by atoms with E-state index in [-0.39, 0.29) is 11.3 Å². The Hall–Kier alpha value is -1.16. The zero-order valence-electron chi connectivity index (χ0n) is 9.01. The molecule has 1 unspecified atom stereocenters. The van der Waals surface area contributed by atoms with Gasteiger partial charge in [0.2, 0.25) is 0 Å². The van der Waals surface area contributed by atoms with Crippen molar-refractivity contribution in [3.63, 3.8) is 0 Å². The van der Waals surface area contributed by atoms with Gasteiger partial charge in [-0.3, -0.25) is 0 Å². The number of hydrogen-bond acceptors (Lipinski definition) is 2. The molecule has 15 heavy (non-hydrogen) atoms. The fraction of sp³-hybridized carbons (Fsp3) is 0.455. The van der Waals surface area contributed by atoms with Crippen LogP contribution in [0, 0.1) is 13.8 Å². The number of nitrogens with two attached hydrogens (primary N) is 1. The second-order valence-electron chi connectivity index (χ2n) is 4.04. The summed E-state index contributed by atoms with van der Waals surface area (Å²) in [4.78, 5) is 0. The van der Waals surface area contributed by atoms with Crippen molar-refractivity contribution in [2.45, 2.75) is 32.7 Å². The first-order valence-electron chi connectivity index (χ1n) is 4.64. The lowest BCUT2D eigenvalue weighted by Gasteiger charge is -2.25. The number of aryl methyl sites for hydroxylation is 2. The highest BCUT2D eigenvalue weighted by atomic mass is 19.3. The molecule has 1 aromatic carbocycles. The molecule has 0 aliphatic heterocycles. The van der Waals surface area contributed by atoms with Gasteiger partial charge in [0.1, 0.15) is 11.3 Å². The van der Waals surface area contributed by atoms with E-state index in [2.05, 4.69) is 0 Å². The molecule has 0 bridgehead atoms. The Bertz CT molecular complexity index is 375. The molecule has 0 fully saturated rings. The monoisotopic (exact) mass is 215 g/mol. The molecule has 1 rings (SSSR count). The summed E-state index contributed by atoms with van der Waals surface area (Å²) in [6.45, 7) is 4.80. The summed E-state index contributed by atoms with van der Waals surface area (Å²) in [7, 11) is 0. The minimum absolute atomic E-state index is 0.0839. The van der Waals surface area contributed by atoms with Gasteiger partial charge < -0.3 is 10.8 Å². The van der Waals surface area contributed by atoms with Gasteiger partial charge in [-0.05, 0) is 38.0 Å². The van der Waals surface area contributed by atoms with Crippen LogP contribution in [0.1, 0.15) is 23.6 Å². The smallest absolute Gasteiger partial charge is 0.260 e. The van der Waals surface area contributed by atoms with Gasteiger partial charge in [-0.25, -0.2) is 8.78 Å². The van der Waals surface area contributed by atoms with Crippen molar-refractivity contribution in [1.29, 1.82) is 0 Å².